The summed E-state index contributed by atoms with van der Waals surface area (Å²) in [6.07, 6.45) is 1.51. The third-order valence-corrected chi connectivity index (χ3v) is 4.31. The van der Waals surface area contributed by atoms with E-state index in [1.54, 1.807) is 26.0 Å². The van der Waals surface area contributed by atoms with Crippen LogP contribution in [0.3, 0.4) is 0 Å². The van der Waals surface area contributed by atoms with Crippen LogP contribution in [0.5, 0.6) is 0 Å². The number of hydrogen-bond acceptors (Lipinski definition) is 3. The molecule has 25 heavy (non-hydrogen) atoms. The quantitative estimate of drug-likeness (QED) is 0.896. The van der Waals surface area contributed by atoms with Crippen molar-refractivity contribution < 1.29 is 14.0 Å². The van der Waals surface area contributed by atoms with Crippen molar-refractivity contribution in [3.8, 4) is 0 Å². The number of benzene rings is 1. The standard InChI is InChI=1S/C18H18FN3O3/c1-10-6-14(3-4-15(10)19)22-9-12(7-16(22)23)18(25)21-13-5-11(2)17(24)20-8-13/h3-6,8,12H,7,9H2,1-2H3,(H,20,24)(H,21,25)/t12-/m0/s1. The lowest BCUT2D eigenvalue weighted by atomic mass is 10.1. The molecule has 2 heterocycles. The number of aryl methyl sites for hydroxylation is 2. The Hall–Kier alpha value is -2.96. The Labute approximate surface area is 143 Å². The number of nitrogens with one attached hydrogen (secondary N) is 2. The van der Waals surface area contributed by atoms with Crippen molar-refractivity contribution in [3.05, 3.63) is 57.8 Å². The maximum absolute atomic E-state index is 13.4. The number of hydrogen-bond donors (Lipinski definition) is 2. The summed E-state index contributed by atoms with van der Waals surface area (Å²) < 4.78 is 13.4. The van der Waals surface area contributed by atoms with E-state index in [9.17, 15) is 18.8 Å². The SMILES string of the molecule is Cc1cc(N2C[C@@H](C(=O)Nc3c[nH]c(=O)c(C)c3)CC2=O)ccc1F. The minimum Gasteiger partial charge on any atom is -0.327 e. The summed E-state index contributed by atoms with van der Waals surface area (Å²) in [4.78, 5) is 40.0. The molecule has 1 aliphatic heterocycles. The van der Waals surface area contributed by atoms with Gasteiger partial charge in [-0.1, -0.05) is 0 Å². The van der Waals surface area contributed by atoms with E-state index in [0.29, 0.717) is 22.5 Å². The first kappa shape index (κ1) is 16.9. The smallest absolute Gasteiger partial charge is 0.250 e. The predicted octanol–water partition coefficient (Wildman–Crippen LogP) is 2.12. The third-order valence-electron chi connectivity index (χ3n) is 4.31. The Morgan fingerprint density at radius 2 is 2.00 bits per heavy atom. The van der Waals surface area contributed by atoms with Gasteiger partial charge < -0.3 is 15.2 Å². The molecular weight excluding hydrogens is 325 g/mol. The van der Waals surface area contributed by atoms with E-state index in [4.69, 9.17) is 0 Å². The zero-order chi connectivity index (χ0) is 18.1. The molecule has 130 valence electrons. The van der Waals surface area contributed by atoms with Crippen molar-refractivity contribution in [2.45, 2.75) is 20.3 Å². The van der Waals surface area contributed by atoms with Crippen LogP contribution in [-0.4, -0.2) is 23.3 Å². The first-order valence-corrected chi connectivity index (χ1v) is 7.92. The molecule has 2 aromatic rings. The van der Waals surface area contributed by atoms with Crippen LogP contribution in [0.4, 0.5) is 15.8 Å². The van der Waals surface area contributed by atoms with E-state index in [2.05, 4.69) is 10.3 Å². The van der Waals surface area contributed by atoms with Gasteiger partial charge in [-0.15, -0.1) is 0 Å². The number of aromatic nitrogens is 1. The van der Waals surface area contributed by atoms with E-state index in [1.165, 1.54) is 23.2 Å². The third kappa shape index (κ3) is 3.45. The molecular formula is C18H18FN3O3. The van der Waals surface area contributed by atoms with Crippen LogP contribution in [0.2, 0.25) is 0 Å². The highest BCUT2D eigenvalue weighted by Gasteiger charge is 2.35. The minimum atomic E-state index is -0.509. The number of pyridine rings is 1. The second kappa shape index (κ2) is 6.51. The fourth-order valence-electron chi connectivity index (χ4n) is 2.84. The summed E-state index contributed by atoms with van der Waals surface area (Å²) in [5.41, 5.74) is 1.78. The molecule has 1 saturated heterocycles. The average Bonchev–Trinajstić information content (AvgIpc) is 2.95. The van der Waals surface area contributed by atoms with Gasteiger partial charge in [-0.2, -0.15) is 0 Å². The second-order valence-corrected chi connectivity index (χ2v) is 6.23. The highest BCUT2D eigenvalue weighted by atomic mass is 19.1. The lowest BCUT2D eigenvalue weighted by Gasteiger charge is -2.17. The average molecular weight is 343 g/mol. The molecule has 3 rings (SSSR count). The van der Waals surface area contributed by atoms with Crippen LogP contribution in [0, 0.1) is 25.6 Å². The van der Waals surface area contributed by atoms with Gasteiger partial charge in [0.05, 0.1) is 11.6 Å². The number of amides is 2. The zero-order valence-corrected chi connectivity index (χ0v) is 13.9. The number of H-pyrrole nitrogens is 1. The lowest BCUT2D eigenvalue weighted by Crippen LogP contribution is -2.28. The van der Waals surface area contributed by atoms with Crippen LogP contribution in [0.1, 0.15) is 17.5 Å². The largest absolute Gasteiger partial charge is 0.327 e. The van der Waals surface area contributed by atoms with E-state index < -0.39 is 5.92 Å². The number of carbonyl (C=O) groups is 2. The molecule has 1 aromatic carbocycles. The molecule has 0 radical (unpaired) electrons. The van der Waals surface area contributed by atoms with Crippen molar-refractivity contribution in [2.75, 3.05) is 16.8 Å². The van der Waals surface area contributed by atoms with E-state index in [-0.39, 0.29) is 36.2 Å². The van der Waals surface area contributed by atoms with Gasteiger partial charge in [-0.05, 0) is 43.7 Å². The molecule has 0 spiro atoms. The zero-order valence-electron chi connectivity index (χ0n) is 13.9. The van der Waals surface area contributed by atoms with Crippen molar-refractivity contribution in [1.29, 1.82) is 0 Å². The van der Waals surface area contributed by atoms with Gasteiger partial charge in [-0.25, -0.2) is 4.39 Å². The van der Waals surface area contributed by atoms with Gasteiger partial charge in [-0.3, -0.25) is 14.4 Å². The molecule has 0 bridgehead atoms. The molecule has 1 fully saturated rings. The molecule has 2 N–H and O–H groups in total. The second-order valence-electron chi connectivity index (χ2n) is 6.23. The number of aromatic amines is 1. The van der Waals surface area contributed by atoms with Crippen molar-refractivity contribution in [3.63, 3.8) is 0 Å². The number of nitrogens with zero attached hydrogens (tertiary/aromatic N) is 1. The Balaban J connectivity index is 1.72. The molecule has 6 nitrogen and oxygen atoms in total. The first-order valence-electron chi connectivity index (χ1n) is 7.92. The lowest BCUT2D eigenvalue weighted by molar-refractivity contribution is -0.122. The molecule has 0 unspecified atom stereocenters. The van der Waals surface area contributed by atoms with Gasteiger partial charge in [0.15, 0.2) is 0 Å². The Kier molecular flexibility index (Phi) is 4.39. The van der Waals surface area contributed by atoms with Gasteiger partial charge in [0.2, 0.25) is 11.8 Å². The molecule has 7 heteroatoms. The van der Waals surface area contributed by atoms with Gasteiger partial charge >= 0.3 is 0 Å². The highest BCUT2D eigenvalue weighted by Crippen LogP contribution is 2.27. The van der Waals surface area contributed by atoms with Crippen LogP contribution in [0.25, 0.3) is 0 Å². The highest BCUT2D eigenvalue weighted by molar-refractivity contribution is 6.03. The summed E-state index contributed by atoms with van der Waals surface area (Å²) in [6, 6.07) is 6.02. The van der Waals surface area contributed by atoms with Gasteiger partial charge in [0.1, 0.15) is 5.82 Å². The Bertz CT molecular complexity index is 907. The monoisotopic (exact) mass is 343 g/mol. The predicted molar refractivity (Wildman–Crippen MR) is 92.0 cm³/mol. The summed E-state index contributed by atoms with van der Waals surface area (Å²) >= 11 is 0. The Morgan fingerprint density at radius 3 is 2.68 bits per heavy atom. The molecule has 0 saturated carbocycles. The van der Waals surface area contributed by atoms with Crippen molar-refractivity contribution in [1.82, 2.24) is 4.98 Å². The molecule has 2 amide bonds. The normalized spacial score (nSPS) is 17.0. The van der Waals surface area contributed by atoms with Crippen molar-refractivity contribution >= 4 is 23.2 Å². The van der Waals surface area contributed by atoms with E-state index >= 15 is 0 Å². The Morgan fingerprint density at radius 1 is 1.24 bits per heavy atom. The number of halogens is 1. The number of rotatable bonds is 3. The van der Waals surface area contributed by atoms with E-state index in [1.807, 2.05) is 0 Å². The topological polar surface area (TPSA) is 82.3 Å². The van der Waals surface area contributed by atoms with Crippen LogP contribution in [0.15, 0.2) is 35.3 Å². The maximum atomic E-state index is 13.4. The number of anilines is 2. The van der Waals surface area contributed by atoms with Gasteiger partial charge in [0, 0.05) is 30.4 Å². The van der Waals surface area contributed by atoms with E-state index in [0.717, 1.165) is 0 Å². The maximum Gasteiger partial charge on any atom is 0.250 e. The van der Waals surface area contributed by atoms with Gasteiger partial charge in [0.25, 0.3) is 5.56 Å². The fraction of sp³-hybridized carbons (Fsp3) is 0.278. The summed E-state index contributed by atoms with van der Waals surface area (Å²) in [6.45, 7) is 3.51. The van der Waals surface area contributed by atoms with Crippen LogP contribution in [-0.2, 0) is 9.59 Å². The first-order chi connectivity index (χ1) is 11.8. The number of carbonyl (C=O) groups excluding carboxylic acids is 2. The van der Waals surface area contributed by atoms with Crippen LogP contribution < -0.4 is 15.8 Å². The fourth-order valence-corrected chi connectivity index (χ4v) is 2.84. The summed E-state index contributed by atoms with van der Waals surface area (Å²) in [7, 11) is 0. The molecule has 1 aliphatic rings. The van der Waals surface area contributed by atoms with Crippen LogP contribution >= 0.6 is 0 Å². The molecule has 1 aromatic heterocycles. The molecule has 0 aliphatic carbocycles. The molecule has 1 atom stereocenters. The summed E-state index contributed by atoms with van der Waals surface area (Å²) in [5.74, 6) is -1.31. The summed E-state index contributed by atoms with van der Waals surface area (Å²) in [5, 5.41) is 2.72. The van der Waals surface area contributed by atoms with Crippen molar-refractivity contribution in [2.24, 2.45) is 5.92 Å². The minimum absolute atomic E-state index is 0.0879.